The van der Waals surface area contributed by atoms with Crippen LogP contribution < -0.4 is 22.1 Å². The maximum absolute atomic E-state index is 13.6. The quantitative estimate of drug-likeness (QED) is 0.243. The molecule has 0 aromatic heterocycles. The highest BCUT2D eigenvalue weighted by atomic mass is 16.3. The highest BCUT2D eigenvalue weighted by molar-refractivity contribution is 5.92. The van der Waals surface area contributed by atoms with E-state index in [0.717, 1.165) is 11.1 Å². The molecular formula is C30H44N4O4. The van der Waals surface area contributed by atoms with E-state index >= 15 is 0 Å². The second-order valence-electron chi connectivity index (χ2n) is 10.5. The lowest BCUT2D eigenvalue weighted by Gasteiger charge is -2.29. The Balaban J connectivity index is 2.19. The summed E-state index contributed by atoms with van der Waals surface area (Å²) in [4.78, 5) is 38.7. The van der Waals surface area contributed by atoms with Gasteiger partial charge in [0.2, 0.25) is 17.7 Å². The summed E-state index contributed by atoms with van der Waals surface area (Å²) in [6.45, 7) is 7.40. The van der Waals surface area contributed by atoms with Crippen LogP contribution in [0.2, 0.25) is 0 Å². The van der Waals surface area contributed by atoms with Crippen molar-refractivity contribution < 1.29 is 19.5 Å². The van der Waals surface area contributed by atoms with Gasteiger partial charge in [-0.05, 0) is 42.2 Å². The van der Waals surface area contributed by atoms with Gasteiger partial charge < -0.3 is 27.2 Å². The molecule has 0 saturated heterocycles. The molecule has 0 spiro atoms. The Hall–Kier alpha value is -3.23. The second kappa shape index (κ2) is 15.2. The Morgan fingerprint density at radius 3 is 1.79 bits per heavy atom. The average Bonchev–Trinajstić information content (AvgIpc) is 2.89. The van der Waals surface area contributed by atoms with E-state index in [1.54, 1.807) is 0 Å². The highest BCUT2D eigenvalue weighted by Gasteiger charge is 2.33. The molecule has 0 aliphatic carbocycles. The monoisotopic (exact) mass is 524 g/mol. The minimum absolute atomic E-state index is 0.137. The summed E-state index contributed by atoms with van der Waals surface area (Å²) in [5.41, 5.74) is 13.8. The summed E-state index contributed by atoms with van der Waals surface area (Å²) < 4.78 is 0. The van der Waals surface area contributed by atoms with Crippen LogP contribution in [-0.2, 0) is 27.2 Å². The molecule has 0 aliphatic heterocycles. The molecule has 0 fully saturated rings. The zero-order valence-electron chi connectivity index (χ0n) is 23.0. The first kappa shape index (κ1) is 31.0. The van der Waals surface area contributed by atoms with Crippen LogP contribution >= 0.6 is 0 Å². The minimum atomic E-state index is -0.925. The average molecular weight is 525 g/mol. The third-order valence-electron chi connectivity index (χ3n) is 7.09. The van der Waals surface area contributed by atoms with Crippen molar-refractivity contribution in [2.24, 2.45) is 29.2 Å². The number of rotatable bonds is 15. The Morgan fingerprint density at radius 1 is 0.816 bits per heavy atom. The van der Waals surface area contributed by atoms with Crippen LogP contribution in [0.4, 0.5) is 0 Å². The first-order valence-electron chi connectivity index (χ1n) is 13.4. The maximum Gasteiger partial charge on any atom is 0.243 e. The van der Waals surface area contributed by atoms with Crippen LogP contribution in [0.15, 0.2) is 60.7 Å². The largest absolute Gasteiger partial charge is 0.391 e. The molecule has 0 saturated carbocycles. The van der Waals surface area contributed by atoms with E-state index in [4.69, 9.17) is 11.5 Å². The van der Waals surface area contributed by atoms with E-state index in [9.17, 15) is 19.5 Å². The number of carbonyl (C=O) groups is 3. The van der Waals surface area contributed by atoms with E-state index in [0.29, 0.717) is 19.3 Å². The van der Waals surface area contributed by atoms with Crippen molar-refractivity contribution in [1.82, 2.24) is 10.6 Å². The molecule has 0 aliphatic rings. The molecule has 8 heteroatoms. The molecule has 3 amide bonds. The van der Waals surface area contributed by atoms with E-state index < -0.39 is 42.0 Å². The summed E-state index contributed by atoms with van der Waals surface area (Å²) in [6, 6.07) is 16.9. The molecule has 1 unspecified atom stereocenters. The maximum atomic E-state index is 13.6. The van der Waals surface area contributed by atoms with E-state index in [2.05, 4.69) is 10.6 Å². The molecule has 0 bridgehead atoms. The predicted molar refractivity (Wildman–Crippen MR) is 150 cm³/mol. The van der Waals surface area contributed by atoms with Gasteiger partial charge in [-0.1, -0.05) is 94.8 Å². The molecule has 38 heavy (non-hydrogen) atoms. The third-order valence-corrected chi connectivity index (χ3v) is 7.09. The van der Waals surface area contributed by atoms with Gasteiger partial charge in [0.25, 0.3) is 0 Å². The molecular weight excluding hydrogens is 480 g/mol. The summed E-state index contributed by atoms with van der Waals surface area (Å²) in [5, 5.41) is 16.6. The van der Waals surface area contributed by atoms with Crippen molar-refractivity contribution in [2.45, 2.75) is 77.6 Å². The number of nitrogens with two attached hydrogens (primary N) is 2. The van der Waals surface area contributed by atoms with Crippen molar-refractivity contribution >= 4 is 17.7 Å². The van der Waals surface area contributed by atoms with Gasteiger partial charge in [-0.15, -0.1) is 0 Å². The molecule has 2 aromatic carbocycles. The summed E-state index contributed by atoms with van der Waals surface area (Å²) in [5.74, 6) is -2.44. The van der Waals surface area contributed by atoms with Gasteiger partial charge in [0.1, 0.15) is 12.1 Å². The summed E-state index contributed by atoms with van der Waals surface area (Å²) in [7, 11) is 0. The van der Waals surface area contributed by atoms with E-state index in [1.807, 2.05) is 88.4 Å². The number of aliphatic hydroxyl groups is 1. The highest BCUT2D eigenvalue weighted by Crippen LogP contribution is 2.19. The van der Waals surface area contributed by atoms with Crippen LogP contribution in [0.25, 0.3) is 0 Å². The van der Waals surface area contributed by atoms with E-state index in [1.165, 1.54) is 0 Å². The number of primary amides is 1. The molecule has 208 valence electrons. The second-order valence-corrected chi connectivity index (χ2v) is 10.5. The van der Waals surface area contributed by atoms with Gasteiger partial charge in [0.15, 0.2) is 0 Å². The number of benzene rings is 2. The van der Waals surface area contributed by atoms with Crippen molar-refractivity contribution in [3.63, 3.8) is 0 Å². The van der Waals surface area contributed by atoms with Crippen LogP contribution in [0, 0.1) is 17.8 Å². The SMILES string of the molecule is CCC(C)[C@H](NC(=O)[C@@H](NC(=O)[C@H](Cc1ccccc1)C[C@@H](O)[C@@H](N)Cc1ccccc1)C(C)C)C(N)=O. The normalized spacial score (nSPS) is 16.1. The molecule has 7 N–H and O–H groups in total. The molecule has 0 heterocycles. The first-order chi connectivity index (χ1) is 18.0. The number of aliphatic hydroxyl groups excluding tert-OH is 1. The fraction of sp³-hybridized carbons (Fsp3) is 0.500. The minimum Gasteiger partial charge on any atom is -0.391 e. The van der Waals surface area contributed by atoms with E-state index in [-0.39, 0.29) is 24.2 Å². The third kappa shape index (κ3) is 9.58. The lowest BCUT2D eigenvalue weighted by Crippen LogP contribution is -2.57. The smallest absolute Gasteiger partial charge is 0.243 e. The van der Waals surface area contributed by atoms with Crippen molar-refractivity contribution in [2.75, 3.05) is 0 Å². The number of amides is 3. The van der Waals surface area contributed by atoms with Crippen molar-refractivity contribution in [1.29, 1.82) is 0 Å². The lowest BCUT2D eigenvalue weighted by molar-refractivity contribution is -0.134. The lowest BCUT2D eigenvalue weighted by atomic mass is 9.88. The van der Waals surface area contributed by atoms with Crippen LogP contribution in [0.5, 0.6) is 0 Å². The number of carbonyl (C=O) groups excluding carboxylic acids is 3. The zero-order chi connectivity index (χ0) is 28.2. The Morgan fingerprint density at radius 2 is 1.32 bits per heavy atom. The Kier molecular flexibility index (Phi) is 12.4. The van der Waals surface area contributed by atoms with Gasteiger partial charge in [0, 0.05) is 12.0 Å². The summed E-state index contributed by atoms with van der Waals surface area (Å²) >= 11 is 0. The predicted octanol–water partition coefficient (Wildman–Crippen LogP) is 2.32. The molecule has 8 nitrogen and oxygen atoms in total. The molecule has 0 radical (unpaired) electrons. The van der Waals surface area contributed by atoms with Crippen LogP contribution in [0.1, 0.15) is 51.7 Å². The number of nitrogens with one attached hydrogen (secondary N) is 2. The Labute approximate surface area is 226 Å². The van der Waals surface area contributed by atoms with Gasteiger partial charge >= 0.3 is 0 Å². The number of hydrogen-bond acceptors (Lipinski definition) is 5. The fourth-order valence-corrected chi connectivity index (χ4v) is 4.45. The fourth-order valence-electron chi connectivity index (χ4n) is 4.45. The molecule has 2 rings (SSSR count). The number of hydrogen-bond donors (Lipinski definition) is 5. The van der Waals surface area contributed by atoms with Gasteiger partial charge in [-0.25, -0.2) is 0 Å². The molecule has 2 aromatic rings. The van der Waals surface area contributed by atoms with Gasteiger partial charge in [0.05, 0.1) is 6.10 Å². The first-order valence-corrected chi connectivity index (χ1v) is 13.4. The van der Waals surface area contributed by atoms with Gasteiger partial charge in [-0.2, -0.15) is 0 Å². The van der Waals surface area contributed by atoms with Crippen molar-refractivity contribution in [3.8, 4) is 0 Å². The summed E-state index contributed by atoms with van der Waals surface area (Å²) in [6.07, 6.45) is 0.726. The Bertz CT molecular complexity index is 1020. The van der Waals surface area contributed by atoms with Gasteiger partial charge in [-0.3, -0.25) is 14.4 Å². The standard InChI is InChI=1S/C30H44N4O4/c1-5-20(4)27(28(32)36)34-30(38)26(19(2)3)33-29(37)23(16-21-12-8-6-9-13-21)18-25(35)24(31)17-22-14-10-7-11-15-22/h6-15,19-20,23-27,35H,5,16-18,31H2,1-4H3,(H2,32,36)(H,33,37)(H,34,38)/t20?,23-,24+,25-,26+,27+/m1/s1. The topological polar surface area (TPSA) is 148 Å². The zero-order valence-corrected chi connectivity index (χ0v) is 23.0. The van der Waals surface area contributed by atoms with Crippen molar-refractivity contribution in [3.05, 3.63) is 71.8 Å². The molecule has 6 atom stereocenters. The van der Waals surface area contributed by atoms with Crippen LogP contribution in [-0.4, -0.2) is 47.1 Å². The van der Waals surface area contributed by atoms with Crippen LogP contribution in [0.3, 0.4) is 0 Å².